The Balaban J connectivity index is 1.86. The number of thiophene rings is 1. The molecule has 0 radical (unpaired) electrons. The van der Waals surface area contributed by atoms with Crippen molar-refractivity contribution in [2.45, 2.75) is 13.8 Å². The second kappa shape index (κ2) is 9.24. The van der Waals surface area contributed by atoms with Gasteiger partial charge in [-0.15, -0.1) is 11.3 Å². The molecule has 1 amide bonds. The number of nitrogens with one attached hydrogen (secondary N) is 1. The Labute approximate surface area is 181 Å². The fraction of sp³-hybridized carbons (Fsp3) is 0.182. The van der Waals surface area contributed by atoms with Crippen LogP contribution in [-0.4, -0.2) is 25.6 Å². The molecule has 0 unspecified atom stereocenters. The molecular weight excluding hydrogens is 454 g/mol. The summed E-state index contributed by atoms with van der Waals surface area (Å²) < 4.78 is 11.5. The van der Waals surface area contributed by atoms with Crippen molar-refractivity contribution in [3.05, 3.63) is 69.0 Å². The zero-order chi connectivity index (χ0) is 21.0. The molecule has 0 bridgehead atoms. The Morgan fingerprint density at radius 1 is 1.07 bits per heavy atom. The molecule has 3 rings (SSSR count). The number of methoxy groups -OCH3 is 1. The number of hydrogen-bond acceptors (Lipinski definition) is 5. The average molecular weight is 474 g/mol. The van der Waals surface area contributed by atoms with Crippen molar-refractivity contribution in [3.8, 4) is 16.9 Å². The Bertz CT molecular complexity index is 1040. The number of halogens is 1. The number of para-hydroxylation sites is 1. The van der Waals surface area contributed by atoms with Crippen LogP contribution in [0.5, 0.6) is 5.75 Å². The summed E-state index contributed by atoms with van der Waals surface area (Å²) in [4.78, 5) is 25.9. The van der Waals surface area contributed by atoms with E-state index in [2.05, 4.69) is 21.2 Å². The first kappa shape index (κ1) is 21.1. The molecule has 5 nitrogen and oxygen atoms in total. The van der Waals surface area contributed by atoms with E-state index in [4.69, 9.17) is 9.47 Å². The molecule has 0 saturated carbocycles. The molecule has 0 aliphatic rings. The van der Waals surface area contributed by atoms with Gasteiger partial charge in [0.15, 0.2) is 6.61 Å². The van der Waals surface area contributed by atoms with Crippen LogP contribution in [0.15, 0.2) is 53.0 Å². The molecule has 0 saturated heterocycles. The van der Waals surface area contributed by atoms with Gasteiger partial charge in [0.2, 0.25) is 0 Å². The molecule has 1 N–H and O–H groups in total. The second-order valence-corrected chi connectivity index (χ2v) is 8.48. The van der Waals surface area contributed by atoms with Crippen LogP contribution in [0.3, 0.4) is 0 Å². The van der Waals surface area contributed by atoms with Gasteiger partial charge in [-0.3, -0.25) is 4.79 Å². The SMILES string of the molecule is COC(=O)c1c(NC(=O)COc2ccccc2C)sc(C)c1-c1ccc(Br)cc1. The highest BCUT2D eigenvalue weighted by atomic mass is 79.9. The summed E-state index contributed by atoms with van der Waals surface area (Å²) in [5.74, 6) is -0.196. The van der Waals surface area contributed by atoms with Crippen molar-refractivity contribution in [1.82, 2.24) is 0 Å². The van der Waals surface area contributed by atoms with Crippen LogP contribution in [0.2, 0.25) is 0 Å². The smallest absolute Gasteiger partial charge is 0.341 e. The van der Waals surface area contributed by atoms with Crippen LogP contribution in [-0.2, 0) is 9.53 Å². The minimum Gasteiger partial charge on any atom is -0.483 e. The van der Waals surface area contributed by atoms with Gasteiger partial charge < -0.3 is 14.8 Å². The van der Waals surface area contributed by atoms with Crippen molar-refractivity contribution in [1.29, 1.82) is 0 Å². The molecular formula is C22H20BrNO4S. The van der Waals surface area contributed by atoms with Gasteiger partial charge in [0.05, 0.1) is 7.11 Å². The van der Waals surface area contributed by atoms with Gasteiger partial charge in [-0.2, -0.15) is 0 Å². The Morgan fingerprint density at radius 3 is 2.41 bits per heavy atom. The zero-order valence-corrected chi connectivity index (χ0v) is 18.6. The van der Waals surface area contributed by atoms with Gasteiger partial charge in [-0.25, -0.2) is 4.79 Å². The first-order valence-electron chi connectivity index (χ1n) is 8.86. The van der Waals surface area contributed by atoms with Crippen LogP contribution < -0.4 is 10.1 Å². The second-order valence-electron chi connectivity index (χ2n) is 6.34. The Hall–Kier alpha value is -2.64. The molecule has 0 spiro atoms. The predicted octanol–water partition coefficient (Wildman–Crippen LogP) is 5.60. The predicted molar refractivity (Wildman–Crippen MR) is 119 cm³/mol. The van der Waals surface area contributed by atoms with E-state index in [1.165, 1.54) is 18.4 Å². The van der Waals surface area contributed by atoms with Gasteiger partial charge in [0.25, 0.3) is 5.91 Å². The molecule has 0 aliphatic heterocycles. The third-order valence-electron chi connectivity index (χ3n) is 4.31. The van der Waals surface area contributed by atoms with E-state index in [1.54, 1.807) is 0 Å². The Kier molecular flexibility index (Phi) is 6.71. The van der Waals surface area contributed by atoms with Crippen molar-refractivity contribution in [2.75, 3.05) is 19.0 Å². The van der Waals surface area contributed by atoms with Gasteiger partial charge >= 0.3 is 5.97 Å². The van der Waals surface area contributed by atoms with E-state index >= 15 is 0 Å². The molecule has 7 heteroatoms. The number of carbonyl (C=O) groups is 2. The number of aryl methyl sites for hydroxylation is 2. The molecule has 1 aromatic heterocycles. The fourth-order valence-electron chi connectivity index (χ4n) is 2.92. The third-order valence-corrected chi connectivity index (χ3v) is 5.86. The summed E-state index contributed by atoms with van der Waals surface area (Å²) >= 11 is 4.75. The highest BCUT2D eigenvalue weighted by Gasteiger charge is 2.25. The molecule has 3 aromatic rings. The van der Waals surface area contributed by atoms with Gasteiger partial charge in [0, 0.05) is 14.9 Å². The monoisotopic (exact) mass is 473 g/mol. The number of carbonyl (C=O) groups excluding carboxylic acids is 2. The van der Waals surface area contributed by atoms with Crippen LogP contribution >= 0.6 is 27.3 Å². The lowest BCUT2D eigenvalue weighted by molar-refractivity contribution is -0.118. The van der Waals surface area contributed by atoms with Crippen LogP contribution in [0.4, 0.5) is 5.00 Å². The Morgan fingerprint density at radius 2 is 1.76 bits per heavy atom. The summed E-state index contributed by atoms with van der Waals surface area (Å²) in [6.45, 7) is 3.67. The van der Waals surface area contributed by atoms with Crippen molar-refractivity contribution in [2.24, 2.45) is 0 Å². The van der Waals surface area contributed by atoms with Crippen molar-refractivity contribution in [3.63, 3.8) is 0 Å². The summed E-state index contributed by atoms with van der Waals surface area (Å²) in [6.07, 6.45) is 0. The van der Waals surface area contributed by atoms with Crippen molar-refractivity contribution >= 4 is 44.1 Å². The van der Waals surface area contributed by atoms with E-state index in [0.29, 0.717) is 16.3 Å². The van der Waals surface area contributed by atoms with E-state index in [-0.39, 0.29) is 12.5 Å². The number of ether oxygens (including phenoxy) is 2. The normalized spacial score (nSPS) is 10.5. The minimum absolute atomic E-state index is 0.157. The van der Waals surface area contributed by atoms with E-state index in [9.17, 15) is 9.59 Å². The zero-order valence-electron chi connectivity index (χ0n) is 16.2. The molecule has 150 valence electrons. The summed E-state index contributed by atoms with van der Waals surface area (Å²) in [7, 11) is 1.33. The number of amides is 1. The largest absolute Gasteiger partial charge is 0.483 e. The standard InChI is InChI=1S/C22H20BrNO4S/c1-13-6-4-5-7-17(13)28-12-18(25)24-21-20(22(26)27-3)19(14(2)29-21)15-8-10-16(23)11-9-15/h4-11H,12H2,1-3H3,(H,24,25). The minimum atomic E-state index is -0.498. The average Bonchev–Trinajstić information content (AvgIpc) is 3.03. The fourth-order valence-corrected chi connectivity index (χ4v) is 4.26. The van der Waals surface area contributed by atoms with Crippen LogP contribution in [0, 0.1) is 13.8 Å². The lowest BCUT2D eigenvalue weighted by Crippen LogP contribution is -2.21. The summed E-state index contributed by atoms with van der Waals surface area (Å²) in [6, 6.07) is 15.1. The van der Waals surface area contributed by atoms with Crippen LogP contribution in [0.1, 0.15) is 20.8 Å². The lowest BCUT2D eigenvalue weighted by atomic mass is 10.0. The number of benzene rings is 2. The van der Waals surface area contributed by atoms with Gasteiger partial charge in [-0.1, -0.05) is 46.3 Å². The van der Waals surface area contributed by atoms with Gasteiger partial charge in [0.1, 0.15) is 16.3 Å². The molecule has 0 atom stereocenters. The summed E-state index contributed by atoms with van der Waals surface area (Å²) in [5.41, 5.74) is 2.92. The number of anilines is 1. The van der Waals surface area contributed by atoms with E-state index in [1.807, 2.05) is 62.4 Å². The lowest BCUT2D eigenvalue weighted by Gasteiger charge is -2.10. The highest BCUT2D eigenvalue weighted by molar-refractivity contribution is 9.10. The molecule has 1 heterocycles. The molecule has 0 fully saturated rings. The topological polar surface area (TPSA) is 64.6 Å². The van der Waals surface area contributed by atoms with Crippen LogP contribution in [0.25, 0.3) is 11.1 Å². The molecule has 2 aromatic carbocycles. The molecule has 0 aliphatic carbocycles. The van der Waals surface area contributed by atoms with E-state index in [0.717, 1.165) is 26.0 Å². The molecule has 29 heavy (non-hydrogen) atoms. The van der Waals surface area contributed by atoms with Crippen molar-refractivity contribution < 1.29 is 19.1 Å². The third kappa shape index (κ3) is 4.86. The number of hydrogen-bond donors (Lipinski definition) is 1. The maximum absolute atomic E-state index is 12.5. The number of esters is 1. The maximum Gasteiger partial charge on any atom is 0.341 e. The highest BCUT2D eigenvalue weighted by Crippen LogP contribution is 2.40. The van der Waals surface area contributed by atoms with Gasteiger partial charge in [-0.05, 0) is 43.2 Å². The quantitative estimate of drug-likeness (QED) is 0.473. The summed E-state index contributed by atoms with van der Waals surface area (Å²) in [5, 5.41) is 3.25. The number of rotatable bonds is 6. The first-order chi connectivity index (χ1) is 13.9. The van der Waals surface area contributed by atoms with E-state index < -0.39 is 5.97 Å². The maximum atomic E-state index is 12.5. The first-order valence-corrected chi connectivity index (χ1v) is 10.5.